The van der Waals surface area contributed by atoms with Crippen LogP contribution in [0.15, 0.2) is 24.3 Å². The van der Waals surface area contributed by atoms with Crippen LogP contribution in [-0.4, -0.2) is 34.0 Å². The van der Waals surface area contributed by atoms with Crippen LogP contribution >= 0.6 is 0 Å². The standard InChI is InChI=1S/C16H24O4S/c1-19-12-14-5-7-15(8-6-14)13-21(17,18)11-9-16-4-2-3-10-20-16/h5-8,16H,2-4,9-13H2,1H3. The third kappa shape index (κ3) is 5.77. The van der Waals surface area contributed by atoms with Gasteiger partial charge in [-0.1, -0.05) is 24.3 Å². The third-order valence-corrected chi connectivity index (χ3v) is 5.38. The fourth-order valence-electron chi connectivity index (χ4n) is 2.57. The Morgan fingerprint density at radius 3 is 2.52 bits per heavy atom. The van der Waals surface area contributed by atoms with Gasteiger partial charge in [-0.05, 0) is 36.8 Å². The number of sulfone groups is 1. The number of hydrogen-bond donors (Lipinski definition) is 0. The summed E-state index contributed by atoms with van der Waals surface area (Å²) >= 11 is 0. The minimum absolute atomic E-state index is 0.104. The molecule has 0 N–H and O–H groups in total. The van der Waals surface area contributed by atoms with Crippen molar-refractivity contribution in [3.8, 4) is 0 Å². The van der Waals surface area contributed by atoms with Crippen LogP contribution in [0.4, 0.5) is 0 Å². The van der Waals surface area contributed by atoms with E-state index < -0.39 is 9.84 Å². The van der Waals surface area contributed by atoms with Crippen LogP contribution in [0.3, 0.4) is 0 Å². The van der Waals surface area contributed by atoms with E-state index in [1.807, 2.05) is 24.3 Å². The van der Waals surface area contributed by atoms with Crippen molar-refractivity contribution in [1.29, 1.82) is 0 Å². The van der Waals surface area contributed by atoms with E-state index >= 15 is 0 Å². The molecule has 0 amide bonds. The molecule has 1 fully saturated rings. The highest BCUT2D eigenvalue weighted by Crippen LogP contribution is 2.17. The first-order valence-electron chi connectivity index (χ1n) is 7.48. The zero-order valence-electron chi connectivity index (χ0n) is 12.6. The fourth-order valence-corrected chi connectivity index (χ4v) is 4.04. The van der Waals surface area contributed by atoms with Gasteiger partial charge in [0.05, 0.1) is 24.2 Å². The lowest BCUT2D eigenvalue weighted by Gasteiger charge is -2.22. The van der Waals surface area contributed by atoms with Crippen molar-refractivity contribution in [2.45, 2.75) is 44.1 Å². The summed E-state index contributed by atoms with van der Waals surface area (Å²) in [6.07, 6.45) is 3.96. The Kier molecular flexibility index (Phi) is 6.21. The summed E-state index contributed by atoms with van der Waals surface area (Å²) in [5, 5.41) is 0. The molecule has 1 saturated heterocycles. The van der Waals surface area contributed by atoms with E-state index in [0.29, 0.717) is 13.0 Å². The van der Waals surface area contributed by atoms with Gasteiger partial charge >= 0.3 is 0 Å². The molecule has 0 radical (unpaired) electrons. The van der Waals surface area contributed by atoms with Gasteiger partial charge in [-0.25, -0.2) is 8.42 Å². The average Bonchev–Trinajstić information content (AvgIpc) is 2.48. The fraction of sp³-hybridized carbons (Fsp3) is 0.625. The van der Waals surface area contributed by atoms with Crippen molar-refractivity contribution in [2.24, 2.45) is 0 Å². The molecule has 2 rings (SSSR count). The largest absolute Gasteiger partial charge is 0.380 e. The lowest BCUT2D eigenvalue weighted by Crippen LogP contribution is -2.23. The van der Waals surface area contributed by atoms with Gasteiger partial charge in [0.15, 0.2) is 9.84 Å². The lowest BCUT2D eigenvalue weighted by molar-refractivity contribution is 0.0147. The molecule has 1 aliphatic heterocycles. The first kappa shape index (κ1) is 16.5. The molecular weight excluding hydrogens is 288 g/mol. The van der Waals surface area contributed by atoms with E-state index in [2.05, 4.69) is 0 Å². The zero-order chi connectivity index (χ0) is 15.1. The molecule has 1 aromatic carbocycles. The minimum atomic E-state index is -3.07. The molecule has 1 atom stereocenters. The quantitative estimate of drug-likeness (QED) is 0.777. The monoisotopic (exact) mass is 312 g/mol. The number of rotatable bonds is 7. The second-order valence-corrected chi connectivity index (χ2v) is 7.80. The lowest BCUT2D eigenvalue weighted by atomic mass is 10.1. The molecule has 1 aromatic rings. The molecule has 4 nitrogen and oxygen atoms in total. The SMILES string of the molecule is COCc1ccc(CS(=O)(=O)CCC2CCCCO2)cc1. The van der Waals surface area contributed by atoms with Crippen LogP contribution in [0.25, 0.3) is 0 Å². The summed E-state index contributed by atoms with van der Waals surface area (Å²) in [5.41, 5.74) is 1.88. The molecule has 0 aliphatic carbocycles. The second kappa shape index (κ2) is 7.92. The van der Waals surface area contributed by atoms with Gasteiger partial charge in [0.1, 0.15) is 0 Å². The maximum absolute atomic E-state index is 12.2. The van der Waals surface area contributed by atoms with Gasteiger partial charge in [0, 0.05) is 13.7 Å². The van der Waals surface area contributed by atoms with E-state index in [-0.39, 0.29) is 17.6 Å². The van der Waals surface area contributed by atoms with Gasteiger partial charge in [-0.3, -0.25) is 0 Å². The molecule has 0 spiro atoms. The van der Waals surface area contributed by atoms with Crippen molar-refractivity contribution in [3.63, 3.8) is 0 Å². The van der Waals surface area contributed by atoms with Crippen molar-refractivity contribution < 1.29 is 17.9 Å². The van der Waals surface area contributed by atoms with Gasteiger partial charge < -0.3 is 9.47 Å². The predicted octanol–water partition coefficient (Wildman–Crippen LogP) is 2.71. The predicted molar refractivity (Wildman–Crippen MR) is 82.9 cm³/mol. The highest BCUT2D eigenvalue weighted by molar-refractivity contribution is 7.90. The molecule has 0 aromatic heterocycles. The number of hydrogen-bond acceptors (Lipinski definition) is 4. The molecule has 0 saturated carbocycles. The van der Waals surface area contributed by atoms with Gasteiger partial charge in [0.25, 0.3) is 0 Å². The smallest absolute Gasteiger partial charge is 0.154 e. The van der Waals surface area contributed by atoms with E-state index in [1.54, 1.807) is 7.11 Å². The topological polar surface area (TPSA) is 52.6 Å². The molecule has 1 heterocycles. The number of methoxy groups -OCH3 is 1. The summed E-state index contributed by atoms with van der Waals surface area (Å²) < 4.78 is 35.0. The van der Waals surface area contributed by atoms with Crippen molar-refractivity contribution in [1.82, 2.24) is 0 Å². The molecule has 1 unspecified atom stereocenters. The molecule has 0 bridgehead atoms. The van der Waals surface area contributed by atoms with Crippen molar-refractivity contribution >= 4 is 9.84 Å². The van der Waals surface area contributed by atoms with E-state index in [4.69, 9.17) is 9.47 Å². The average molecular weight is 312 g/mol. The van der Waals surface area contributed by atoms with Crippen LogP contribution in [0, 0.1) is 0 Å². The molecule has 5 heteroatoms. The number of benzene rings is 1. The van der Waals surface area contributed by atoms with Crippen LogP contribution in [-0.2, 0) is 31.7 Å². The first-order chi connectivity index (χ1) is 10.1. The van der Waals surface area contributed by atoms with E-state index in [1.165, 1.54) is 0 Å². The highest BCUT2D eigenvalue weighted by atomic mass is 32.2. The Morgan fingerprint density at radius 2 is 1.90 bits per heavy atom. The Morgan fingerprint density at radius 1 is 1.19 bits per heavy atom. The molecule has 1 aliphatic rings. The Bertz CT molecular complexity index is 516. The van der Waals surface area contributed by atoms with Crippen molar-refractivity contribution in [3.05, 3.63) is 35.4 Å². The number of ether oxygens (including phenoxy) is 2. The Hall–Kier alpha value is -0.910. The van der Waals surface area contributed by atoms with Gasteiger partial charge in [-0.2, -0.15) is 0 Å². The molecule has 118 valence electrons. The maximum Gasteiger partial charge on any atom is 0.154 e. The summed E-state index contributed by atoms with van der Waals surface area (Å²) in [7, 11) is -1.43. The summed E-state index contributed by atoms with van der Waals surface area (Å²) in [6, 6.07) is 7.56. The Balaban J connectivity index is 1.84. The zero-order valence-corrected chi connectivity index (χ0v) is 13.4. The maximum atomic E-state index is 12.2. The van der Waals surface area contributed by atoms with E-state index in [9.17, 15) is 8.42 Å². The normalized spacial score (nSPS) is 19.6. The summed E-state index contributed by atoms with van der Waals surface area (Å²) in [6.45, 7) is 1.32. The van der Waals surface area contributed by atoms with Gasteiger partial charge in [0.2, 0.25) is 0 Å². The van der Waals surface area contributed by atoms with Crippen LogP contribution in [0.5, 0.6) is 0 Å². The van der Waals surface area contributed by atoms with Crippen molar-refractivity contribution in [2.75, 3.05) is 19.5 Å². The Labute approximate surface area is 127 Å². The van der Waals surface area contributed by atoms with E-state index in [0.717, 1.165) is 37.0 Å². The molecule has 21 heavy (non-hydrogen) atoms. The highest BCUT2D eigenvalue weighted by Gasteiger charge is 2.18. The van der Waals surface area contributed by atoms with Crippen LogP contribution < -0.4 is 0 Å². The van der Waals surface area contributed by atoms with Crippen LogP contribution in [0.2, 0.25) is 0 Å². The summed E-state index contributed by atoms with van der Waals surface area (Å²) in [5.74, 6) is 0.310. The van der Waals surface area contributed by atoms with Crippen LogP contribution in [0.1, 0.15) is 36.8 Å². The first-order valence-corrected chi connectivity index (χ1v) is 9.30. The summed E-state index contributed by atoms with van der Waals surface area (Å²) in [4.78, 5) is 0. The molecular formula is C16H24O4S. The minimum Gasteiger partial charge on any atom is -0.380 e. The van der Waals surface area contributed by atoms with Gasteiger partial charge in [-0.15, -0.1) is 0 Å². The third-order valence-electron chi connectivity index (χ3n) is 3.75. The second-order valence-electron chi connectivity index (χ2n) is 5.62.